The van der Waals surface area contributed by atoms with Gasteiger partial charge in [-0.1, -0.05) is 270 Å². The quantitative estimate of drug-likeness (QED) is 0.0195. The van der Waals surface area contributed by atoms with Gasteiger partial charge in [-0.25, -0.2) is 0 Å². The minimum Gasteiger partial charge on any atom is -0.756 e. The minimum absolute atomic E-state index is 0.0434. The van der Waals surface area contributed by atoms with E-state index in [-0.39, 0.29) is 26.1 Å². The number of phosphoric acid groups is 1. The van der Waals surface area contributed by atoms with E-state index in [1.807, 2.05) is 21.1 Å². The Kier molecular flexibility index (Phi) is 57.3. The molecule has 0 heterocycles. The summed E-state index contributed by atoms with van der Waals surface area (Å²) in [5.41, 5.74) is 0. The maximum absolute atomic E-state index is 12.8. The zero-order valence-corrected chi connectivity index (χ0v) is 52.9. The Hall–Kier alpha value is -3.59. The molecule has 2 atom stereocenters. The molecule has 9 nitrogen and oxygen atoms in total. The highest BCUT2D eigenvalue weighted by molar-refractivity contribution is 7.45. The fourth-order valence-corrected chi connectivity index (χ4v) is 9.33. The number of esters is 2. The number of rotatable bonds is 58. The molecule has 0 aliphatic carbocycles. The normalized spacial score (nSPS) is 14.0. The molecule has 0 amide bonds. The van der Waals surface area contributed by atoms with Crippen molar-refractivity contribution < 1.29 is 42.1 Å². The molecule has 0 aliphatic heterocycles. The molecule has 0 N–H and O–H groups in total. The molecule has 2 unspecified atom stereocenters. The number of quaternary nitrogens is 1. The van der Waals surface area contributed by atoms with Crippen LogP contribution in [-0.2, 0) is 32.7 Å². The SMILES string of the molecule is CC/C=C\C/C=C\C/C=C\C/C=C\C/C=C\CCCCCCCCCCCCCCCCCCCCCCCCCC(=O)OC(COC(=O)CCC/C=C\C/C=C\C/C=C\C/C=C\C/C=C\CC)COP(=O)([O-])OCC[N+](C)(C)C. The van der Waals surface area contributed by atoms with E-state index in [1.54, 1.807) is 0 Å². The zero-order chi connectivity index (χ0) is 58.4. The number of likely N-dealkylation sites (N-methyl/N-ethyl adjacent to an activating group) is 1. The highest BCUT2D eigenvalue weighted by atomic mass is 31.2. The first-order valence-corrected chi connectivity index (χ1v) is 33.7. The van der Waals surface area contributed by atoms with Crippen molar-refractivity contribution in [3.05, 3.63) is 122 Å². The Morgan fingerprint density at radius 2 is 0.688 bits per heavy atom. The van der Waals surface area contributed by atoms with Gasteiger partial charge in [0.2, 0.25) is 0 Å². The molecule has 0 bridgehead atoms. The first-order chi connectivity index (χ1) is 39.0. The number of carbonyl (C=O) groups is 2. The van der Waals surface area contributed by atoms with Gasteiger partial charge < -0.3 is 27.9 Å². The van der Waals surface area contributed by atoms with Crippen LogP contribution in [0, 0.1) is 0 Å². The number of hydrogen-bond donors (Lipinski definition) is 0. The summed E-state index contributed by atoms with van der Waals surface area (Å²) in [6.07, 6.45) is 85.8. The first-order valence-electron chi connectivity index (χ1n) is 32.2. The molecule has 0 radical (unpaired) electrons. The molecule has 0 aromatic carbocycles. The first kappa shape index (κ1) is 76.4. The van der Waals surface area contributed by atoms with E-state index < -0.39 is 32.5 Å². The molecule has 0 saturated heterocycles. The van der Waals surface area contributed by atoms with Crippen LogP contribution in [0.1, 0.15) is 258 Å². The van der Waals surface area contributed by atoms with Crippen molar-refractivity contribution in [2.45, 2.75) is 264 Å². The molecular formula is C70H120NO8P. The third-order valence-electron chi connectivity index (χ3n) is 13.5. The van der Waals surface area contributed by atoms with Crippen molar-refractivity contribution >= 4 is 19.8 Å². The van der Waals surface area contributed by atoms with Crippen LogP contribution in [0.4, 0.5) is 0 Å². The monoisotopic (exact) mass is 1130 g/mol. The van der Waals surface area contributed by atoms with Gasteiger partial charge in [-0.05, 0) is 96.3 Å². The van der Waals surface area contributed by atoms with Gasteiger partial charge in [0.1, 0.15) is 19.8 Å². The smallest absolute Gasteiger partial charge is 0.306 e. The van der Waals surface area contributed by atoms with Crippen LogP contribution in [-0.4, -0.2) is 70.0 Å². The van der Waals surface area contributed by atoms with Crippen molar-refractivity contribution in [1.82, 2.24) is 0 Å². The number of carbonyl (C=O) groups excluding carboxylic acids is 2. The van der Waals surface area contributed by atoms with Crippen LogP contribution >= 0.6 is 7.82 Å². The summed E-state index contributed by atoms with van der Waals surface area (Å²) in [6, 6.07) is 0. The standard InChI is InChI=1S/C70H120NO8P/c1-6-8-10-12-14-16-18-20-22-24-25-26-27-28-29-30-31-32-33-34-35-36-37-38-39-40-41-42-43-44-45-47-49-51-53-55-57-59-61-63-70(73)79-68(67-78-80(74,75)77-65-64-71(3,4)5)66-76-69(72)62-60-58-56-54-52-50-48-46-23-21-19-17-15-13-11-9-7-2/h8-11,14-17,20-23,25-26,28-29,48,50,54,56,68H,6-7,12-13,18-19,24,27,30-47,49,51-53,55,57-67H2,1-5H3/b10-8-,11-9-,16-14-,17-15-,22-20-,23-21-,26-25-,29-28-,50-48-,56-54-. The number of ether oxygens (including phenoxy) is 2. The van der Waals surface area contributed by atoms with Gasteiger partial charge in [-0.3, -0.25) is 14.2 Å². The van der Waals surface area contributed by atoms with Gasteiger partial charge in [0, 0.05) is 12.8 Å². The second-order valence-corrected chi connectivity index (χ2v) is 23.8. The number of nitrogens with zero attached hydrogens (tertiary/aromatic N) is 1. The van der Waals surface area contributed by atoms with Crippen LogP contribution in [0.5, 0.6) is 0 Å². The lowest BCUT2D eigenvalue weighted by atomic mass is 10.0. The van der Waals surface area contributed by atoms with E-state index in [4.69, 9.17) is 18.5 Å². The van der Waals surface area contributed by atoms with Crippen LogP contribution < -0.4 is 4.89 Å². The van der Waals surface area contributed by atoms with Gasteiger partial charge in [0.25, 0.3) is 7.82 Å². The second kappa shape index (κ2) is 60.0. The fourth-order valence-electron chi connectivity index (χ4n) is 8.60. The Bertz CT molecular complexity index is 1760. The second-order valence-electron chi connectivity index (χ2n) is 22.4. The molecule has 0 rings (SSSR count). The van der Waals surface area contributed by atoms with Gasteiger partial charge >= 0.3 is 11.9 Å². The zero-order valence-electron chi connectivity index (χ0n) is 52.0. The summed E-state index contributed by atoms with van der Waals surface area (Å²) in [5.74, 6) is -0.901. The Labute approximate surface area is 492 Å². The van der Waals surface area contributed by atoms with Crippen molar-refractivity contribution in [1.29, 1.82) is 0 Å². The van der Waals surface area contributed by atoms with E-state index >= 15 is 0 Å². The number of hydrogen-bond acceptors (Lipinski definition) is 8. The lowest BCUT2D eigenvalue weighted by Crippen LogP contribution is -2.37. The summed E-state index contributed by atoms with van der Waals surface area (Å²) in [5, 5.41) is 0. The third kappa shape index (κ3) is 63.6. The molecule has 0 aliphatic rings. The Morgan fingerprint density at radius 3 is 1.04 bits per heavy atom. The molecule has 0 aromatic heterocycles. The van der Waals surface area contributed by atoms with E-state index in [9.17, 15) is 19.0 Å². The van der Waals surface area contributed by atoms with Crippen molar-refractivity contribution in [3.63, 3.8) is 0 Å². The highest BCUT2D eigenvalue weighted by Gasteiger charge is 2.22. The van der Waals surface area contributed by atoms with Crippen molar-refractivity contribution in [2.24, 2.45) is 0 Å². The number of allylic oxidation sites excluding steroid dienone is 20. The Balaban J connectivity index is 4.00. The molecule has 0 fully saturated rings. The average Bonchev–Trinajstić information content (AvgIpc) is 3.42. The highest BCUT2D eigenvalue weighted by Crippen LogP contribution is 2.38. The molecule has 458 valence electrons. The molecular weight excluding hydrogens is 1010 g/mol. The molecule has 0 spiro atoms. The lowest BCUT2D eigenvalue weighted by molar-refractivity contribution is -0.870. The van der Waals surface area contributed by atoms with E-state index in [1.165, 1.54) is 128 Å². The summed E-state index contributed by atoms with van der Waals surface area (Å²) >= 11 is 0. The van der Waals surface area contributed by atoms with Gasteiger partial charge in [-0.2, -0.15) is 0 Å². The molecule has 10 heteroatoms. The average molecular weight is 1130 g/mol. The molecule has 0 aromatic rings. The number of phosphoric ester groups is 1. The summed E-state index contributed by atoms with van der Waals surface area (Å²) in [4.78, 5) is 37.9. The maximum atomic E-state index is 12.8. The predicted octanol–water partition coefficient (Wildman–Crippen LogP) is 20.1. The topological polar surface area (TPSA) is 111 Å². The van der Waals surface area contributed by atoms with Crippen LogP contribution in [0.15, 0.2) is 122 Å². The summed E-state index contributed by atoms with van der Waals surface area (Å²) in [6.45, 7) is 3.95. The predicted molar refractivity (Wildman–Crippen MR) is 341 cm³/mol. The summed E-state index contributed by atoms with van der Waals surface area (Å²) < 4.78 is 34.1. The van der Waals surface area contributed by atoms with Gasteiger partial charge in [0.15, 0.2) is 6.10 Å². The number of unbranched alkanes of at least 4 members (excludes halogenated alkanes) is 24. The fraction of sp³-hybridized carbons (Fsp3) is 0.686. The summed E-state index contributed by atoms with van der Waals surface area (Å²) in [7, 11) is 1.13. The van der Waals surface area contributed by atoms with E-state index in [2.05, 4.69) is 135 Å². The van der Waals surface area contributed by atoms with Gasteiger partial charge in [-0.15, -0.1) is 0 Å². The van der Waals surface area contributed by atoms with Gasteiger partial charge in [0.05, 0.1) is 27.7 Å². The largest absolute Gasteiger partial charge is 0.756 e. The van der Waals surface area contributed by atoms with Crippen LogP contribution in [0.2, 0.25) is 0 Å². The van der Waals surface area contributed by atoms with Crippen LogP contribution in [0.3, 0.4) is 0 Å². The molecule has 0 saturated carbocycles. The van der Waals surface area contributed by atoms with E-state index in [0.717, 1.165) is 89.9 Å². The minimum atomic E-state index is -4.65. The van der Waals surface area contributed by atoms with Crippen molar-refractivity contribution in [3.8, 4) is 0 Å². The molecule has 80 heavy (non-hydrogen) atoms. The van der Waals surface area contributed by atoms with E-state index in [0.29, 0.717) is 23.9 Å². The Morgan fingerprint density at radius 1 is 0.388 bits per heavy atom. The van der Waals surface area contributed by atoms with Crippen LogP contribution in [0.25, 0.3) is 0 Å². The maximum Gasteiger partial charge on any atom is 0.306 e. The third-order valence-corrected chi connectivity index (χ3v) is 14.4. The lowest BCUT2D eigenvalue weighted by Gasteiger charge is -2.28. The van der Waals surface area contributed by atoms with Crippen molar-refractivity contribution in [2.75, 3.05) is 47.5 Å².